The van der Waals surface area contributed by atoms with Crippen LogP contribution in [0.3, 0.4) is 0 Å². The molecule has 0 aliphatic heterocycles. The molecule has 0 aromatic carbocycles. The molecule has 1 aliphatic carbocycles. The molecule has 1 fully saturated rings. The van der Waals surface area contributed by atoms with E-state index >= 15 is 0 Å². The molecule has 0 aromatic rings. The van der Waals surface area contributed by atoms with Gasteiger partial charge in [0.1, 0.15) is 0 Å². The minimum atomic E-state index is 0.0966. The smallest absolute Gasteiger partial charge is 0.0446 e. The predicted octanol–water partition coefficient (Wildman–Crippen LogP) is 3.05. The highest BCUT2D eigenvalue weighted by Crippen LogP contribution is 2.43. The molecule has 0 N–H and O–H groups in total. The first-order chi connectivity index (χ1) is 4.02. The van der Waals surface area contributed by atoms with Gasteiger partial charge >= 0.3 is 0 Å². The number of rotatable bonds is 0. The van der Waals surface area contributed by atoms with Gasteiger partial charge in [-0.25, -0.2) is 0 Å². The number of halogens is 1. The van der Waals surface area contributed by atoms with Crippen LogP contribution in [-0.4, -0.2) is 4.87 Å². The molecule has 0 aromatic heterocycles. The zero-order valence-corrected chi connectivity index (χ0v) is 7.20. The lowest BCUT2D eigenvalue weighted by Crippen LogP contribution is -2.18. The summed E-state index contributed by atoms with van der Waals surface area (Å²) in [5.74, 6) is 1.54. The van der Waals surface area contributed by atoms with Gasteiger partial charge in [-0.2, -0.15) is 0 Å². The Morgan fingerprint density at radius 1 is 1.44 bits per heavy atom. The standard InChI is InChI=1S/C8H15Cl/c1-6-4-7(2)8(3,9)5-6/h6-7H,4-5H2,1-3H3. The maximum Gasteiger partial charge on any atom is 0.0446 e. The Bertz CT molecular complexity index is 107. The van der Waals surface area contributed by atoms with Gasteiger partial charge in [0.05, 0.1) is 0 Å². The van der Waals surface area contributed by atoms with Crippen molar-refractivity contribution in [3.63, 3.8) is 0 Å². The molecular formula is C8H15Cl. The van der Waals surface area contributed by atoms with Gasteiger partial charge in [-0.3, -0.25) is 0 Å². The normalized spacial score (nSPS) is 52.0. The van der Waals surface area contributed by atoms with Gasteiger partial charge < -0.3 is 0 Å². The average Bonchev–Trinajstić information content (AvgIpc) is 1.79. The van der Waals surface area contributed by atoms with Crippen molar-refractivity contribution >= 4 is 11.6 Å². The van der Waals surface area contributed by atoms with Gasteiger partial charge in [0.25, 0.3) is 0 Å². The molecule has 1 saturated carbocycles. The summed E-state index contributed by atoms with van der Waals surface area (Å²) in [6.07, 6.45) is 2.50. The van der Waals surface area contributed by atoms with Crippen molar-refractivity contribution in [2.45, 2.75) is 38.5 Å². The summed E-state index contributed by atoms with van der Waals surface area (Å²) in [5, 5.41) is 0. The van der Waals surface area contributed by atoms with Crippen LogP contribution in [0.25, 0.3) is 0 Å². The van der Waals surface area contributed by atoms with Crippen LogP contribution in [0.1, 0.15) is 33.6 Å². The highest BCUT2D eigenvalue weighted by atomic mass is 35.5. The Hall–Kier alpha value is 0.290. The average molecular weight is 147 g/mol. The Balaban J connectivity index is 2.58. The third kappa shape index (κ3) is 1.40. The van der Waals surface area contributed by atoms with Crippen LogP contribution in [0.4, 0.5) is 0 Å². The zero-order chi connectivity index (χ0) is 7.07. The molecule has 0 heterocycles. The van der Waals surface area contributed by atoms with E-state index in [0.29, 0.717) is 5.92 Å². The lowest BCUT2D eigenvalue weighted by molar-refractivity contribution is 0.492. The van der Waals surface area contributed by atoms with E-state index in [4.69, 9.17) is 11.6 Å². The van der Waals surface area contributed by atoms with Crippen LogP contribution in [0.15, 0.2) is 0 Å². The minimum Gasteiger partial charge on any atom is -0.119 e. The topological polar surface area (TPSA) is 0 Å². The molecular weight excluding hydrogens is 132 g/mol. The van der Waals surface area contributed by atoms with Crippen molar-refractivity contribution in [3.05, 3.63) is 0 Å². The molecule has 0 amide bonds. The van der Waals surface area contributed by atoms with Crippen LogP contribution in [0.2, 0.25) is 0 Å². The second kappa shape index (κ2) is 2.16. The number of hydrogen-bond donors (Lipinski definition) is 0. The van der Waals surface area contributed by atoms with Gasteiger partial charge in [0, 0.05) is 4.87 Å². The summed E-state index contributed by atoms with van der Waals surface area (Å²) >= 11 is 6.21. The molecule has 0 bridgehead atoms. The Labute approximate surface area is 62.6 Å². The van der Waals surface area contributed by atoms with Crippen LogP contribution in [0.5, 0.6) is 0 Å². The van der Waals surface area contributed by atoms with Gasteiger partial charge in [0.2, 0.25) is 0 Å². The molecule has 0 saturated heterocycles. The molecule has 0 radical (unpaired) electrons. The highest BCUT2D eigenvalue weighted by Gasteiger charge is 2.37. The van der Waals surface area contributed by atoms with E-state index in [9.17, 15) is 0 Å². The lowest BCUT2D eigenvalue weighted by Gasteiger charge is -2.19. The first kappa shape index (κ1) is 7.40. The minimum absolute atomic E-state index is 0.0966. The SMILES string of the molecule is CC1CC(C)C(C)(Cl)C1. The van der Waals surface area contributed by atoms with Crippen molar-refractivity contribution in [3.8, 4) is 0 Å². The Morgan fingerprint density at radius 3 is 2.11 bits per heavy atom. The van der Waals surface area contributed by atoms with E-state index < -0.39 is 0 Å². The maximum atomic E-state index is 6.21. The molecule has 0 spiro atoms. The maximum absolute atomic E-state index is 6.21. The molecule has 0 nitrogen and oxygen atoms in total. The second-order valence-electron chi connectivity index (χ2n) is 3.72. The molecule has 1 heteroatoms. The predicted molar refractivity (Wildman–Crippen MR) is 41.8 cm³/mol. The lowest BCUT2D eigenvalue weighted by atomic mass is 10.00. The van der Waals surface area contributed by atoms with E-state index in [0.717, 1.165) is 5.92 Å². The largest absolute Gasteiger partial charge is 0.119 e. The molecule has 3 atom stereocenters. The van der Waals surface area contributed by atoms with Crippen molar-refractivity contribution in [2.75, 3.05) is 0 Å². The van der Waals surface area contributed by atoms with Crippen LogP contribution < -0.4 is 0 Å². The highest BCUT2D eigenvalue weighted by molar-refractivity contribution is 6.24. The quantitative estimate of drug-likeness (QED) is 0.461. The van der Waals surface area contributed by atoms with E-state index in [1.807, 2.05) is 0 Å². The second-order valence-corrected chi connectivity index (χ2v) is 4.59. The number of alkyl halides is 1. The Kier molecular flexibility index (Phi) is 1.77. The van der Waals surface area contributed by atoms with Gasteiger partial charge in [-0.05, 0) is 31.6 Å². The van der Waals surface area contributed by atoms with Crippen LogP contribution in [0, 0.1) is 11.8 Å². The van der Waals surface area contributed by atoms with Crippen molar-refractivity contribution in [2.24, 2.45) is 11.8 Å². The van der Waals surface area contributed by atoms with Gasteiger partial charge in [0.15, 0.2) is 0 Å². The summed E-state index contributed by atoms with van der Waals surface area (Å²) in [6.45, 7) is 6.68. The zero-order valence-electron chi connectivity index (χ0n) is 6.45. The van der Waals surface area contributed by atoms with Gasteiger partial charge in [-0.1, -0.05) is 13.8 Å². The Morgan fingerprint density at radius 2 is 2.00 bits per heavy atom. The monoisotopic (exact) mass is 146 g/mol. The van der Waals surface area contributed by atoms with Gasteiger partial charge in [-0.15, -0.1) is 11.6 Å². The molecule has 3 unspecified atom stereocenters. The first-order valence-corrected chi connectivity index (χ1v) is 4.09. The van der Waals surface area contributed by atoms with Crippen molar-refractivity contribution in [1.29, 1.82) is 0 Å². The first-order valence-electron chi connectivity index (χ1n) is 3.71. The summed E-state index contributed by atoms with van der Waals surface area (Å²) < 4.78 is 0. The van der Waals surface area contributed by atoms with Crippen LogP contribution >= 0.6 is 11.6 Å². The summed E-state index contributed by atoms with van der Waals surface area (Å²) in [7, 11) is 0. The van der Waals surface area contributed by atoms with E-state index in [1.54, 1.807) is 0 Å². The fraction of sp³-hybridized carbons (Fsp3) is 1.00. The number of hydrogen-bond acceptors (Lipinski definition) is 0. The van der Waals surface area contributed by atoms with E-state index in [1.165, 1.54) is 12.8 Å². The molecule has 54 valence electrons. The summed E-state index contributed by atoms with van der Waals surface area (Å²) in [6, 6.07) is 0. The third-order valence-electron chi connectivity index (χ3n) is 2.53. The molecule has 9 heavy (non-hydrogen) atoms. The summed E-state index contributed by atoms with van der Waals surface area (Å²) in [5.41, 5.74) is 0. The van der Waals surface area contributed by atoms with Crippen molar-refractivity contribution in [1.82, 2.24) is 0 Å². The van der Waals surface area contributed by atoms with Crippen LogP contribution in [-0.2, 0) is 0 Å². The fourth-order valence-electron chi connectivity index (χ4n) is 1.82. The third-order valence-corrected chi connectivity index (χ3v) is 3.06. The van der Waals surface area contributed by atoms with E-state index in [-0.39, 0.29) is 4.87 Å². The fourth-order valence-corrected chi connectivity index (χ4v) is 2.17. The molecule has 1 rings (SSSR count). The van der Waals surface area contributed by atoms with Crippen molar-refractivity contribution < 1.29 is 0 Å². The molecule has 1 aliphatic rings. The summed E-state index contributed by atoms with van der Waals surface area (Å²) in [4.78, 5) is 0.0966. The van der Waals surface area contributed by atoms with E-state index in [2.05, 4.69) is 20.8 Å².